The van der Waals surface area contributed by atoms with Crippen molar-refractivity contribution in [1.29, 1.82) is 0 Å². The maximum Gasteiger partial charge on any atom is 0.211 e. The van der Waals surface area contributed by atoms with Crippen LogP contribution in [0.4, 0.5) is 0 Å². The summed E-state index contributed by atoms with van der Waals surface area (Å²) >= 11 is 1.85. The van der Waals surface area contributed by atoms with Crippen molar-refractivity contribution in [3.8, 4) is 0 Å². The van der Waals surface area contributed by atoms with E-state index in [9.17, 15) is 8.42 Å². The molecule has 0 aliphatic carbocycles. The lowest BCUT2D eigenvalue weighted by molar-refractivity contribution is 0.262. The fourth-order valence-corrected chi connectivity index (χ4v) is 3.30. The van der Waals surface area contributed by atoms with Crippen LogP contribution in [0.25, 0.3) is 0 Å². The molecule has 1 rings (SSSR count). The maximum absolute atomic E-state index is 11.5. The zero-order chi connectivity index (χ0) is 12.9. The number of nitrogens with zero attached hydrogens (tertiary/aromatic N) is 1. The molecule has 0 amide bonds. The molecule has 0 spiro atoms. The highest BCUT2D eigenvalue weighted by Gasteiger charge is 2.25. The molecule has 0 aromatic heterocycles. The van der Waals surface area contributed by atoms with Crippen LogP contribution in [-0.4, -0.2) is 56.7 Å². The highest BCUT2D eigenvalue weighted by Crippen LogP contribution is 2.18. The Morgan fingerprint density at radius 3 is 2.82 bits per heavy atom. The fraction of sp³-hybridized carbons (Fsp3) is 1.00. The predicted molar refractivity (Wildman–Crippen MR) is 75.0 cm³/mol. The van der Waals surface area contributed by atoms with Gasteiger partial charge in [0.25, 0.3) is 0 Å². The lowest BCUT2D eigenvalue weighted by Crippen LogP contribution is -2.42. The van der Waals surface area contributed by atoms with Crippen LogP contribution in [0.3, 0.4) is 0 Å². The molecule has 1 N–H and O–H groups in total. The lowest BCUT2D eigenvalue weighted by Gasteiger charge is -2.31. The summed E-state index contributed by atoms with van der Waals surface area (Å²) in [6, 6.07) is 0. The van der Waals surface area contributed by atoms with Crippen LogP contribution in [0.1, 0.15) is 19.8 Å². The van der Waals surface area contributed by atoms with E-state index in [0.717, 1.165) is 25.9 Å². The van der Waals surface area contributed by atoms with Crippen LogP contribution >= 0.6 is 11.8 Å². The SMILES string of the molecule is CSC(C)CNCC1CCCN(S(C)(=O)=O)C1. The number of rotatable bonds is 6. The molecule has 1 aliphatic rings. The lowest BCUT2D eigenvalue weighted by atomic mass is 10.00. The monoisotopic (exact) mass is 280 g/mol. The number of hydrogen-bond acceptors (Lipinski definition) is 4. The van der Waals surface area contributed by atoms with Crippen molar-refractivity contribution in [3.63, 3.8) is 0 Å². The Hall–Kier alpha value is 0.220. The molecule has 1 fully saturated rings. The molecule has 2 unspecified atom stereocenters. The minimum Gasteiger partial charge on any atom is -0.315 e. The van der Waals surface area contributed by atoms with E-state index in [1.807, 2.05) is 11.8 Å². The van der Waals surface area contributed by atoms with Gasteiger partial charge in [-0.25, -0.2) is 12.7 Å². The Balaban J connectivity index is 2.30. The molecule has 17 heavy (non-hydrogen) atoms. The van der Waals surface area contributed by atoms with Crippen molar-refractivity contribution in [1.82, 2.24) is 9.62 Å². The first kappa shape index (κ1) is 15.3. The summed E-state index contributed by atoms with van der Waals surface area (Å²) in [6.45, 7) is 5.49. The van der Waals surface area contributed by atoms with Crippen molar-refractivity contribution in [2.75, 3.05) is 38.7 Å². The molecule has 0 aromatic carbocycles. The van der Waals surface area contributed by atoms with Crippen molar-refractivity contribution in [2.45, 2.75) is 25.0 Å². The summed E-state index contributed by atoms with van der Waals surface area (Å²) in [5.74, 6) is 0.465. The van der Waals surface area contributed by atoms with Gasteiger partial charge >= 0.3 is 0 Å². The first-order valence-corrected chi connectivity index (χ1v) is 9.25. The number of sulfonamides is 1. The van der Waals surface area contributed by atoms with Gasteiger partial charge in [-0.3, -0.25) is 0 Å². The molecule has 2 atom stereocenters. The molecular formula is C11H24N2O2S2. The van der Waals surface area contributed by atoms with Crippen LogP contribution in [-0.2, 0) is 10.0 Å². The van der Waals surface area contributed by atoms with Gasteiger partial charge in [0.15, 0.2) is 0 Å². The molecule has 4 nitrogen and oxygen atoms in total. The Morgan fingerprint density at radius 2 is 2.24 bits per heavy atom. The normalized spacial score (nSPS) is 24.8. The van der Waals surface area contributed by atoms with E-state index in [1.165, 1.54) is 6.26 Å². The third-order valence-corrected chi connectivity index (χ3v) is 5.46. The second-order valence-electron chi connectivity index (χ2n) is 4.83. The summed E-state index contributed by atoms with van der Waals surface area (Å²) < 4.78 is 24.5. The molecule has 6 heteroatoms. The summed E-state index contributed by atoms with van der Waals surface area (Å²) in [5, 5.41) is 4.05. The first-order chi connectivity index (χ1) is 7.93. The minimum atomic E-state index is -3.00. The summed E-state index contributed by atoms with van der Waals surface area (Å²) in [6.07, 6.45) is 5.53. The van der Waals surface area contributed by atoms with Crippen LogP contribution in [0, 0.1) is 5.92 Å². The standard InChI is InChI=1S/C11H24N2O2S2/c1-10(16-2)7-12-8-11-5-4-6-13(9-11)17(3,14)15/h10-12H,4-9H2,1-3H3. The minimum absolute atomic E-state index is 0.465. The Morgan fingerprint density at radius 1 is 1.53 bits per heavy atom. The number of piperidine rings is 1. The second-order valence-corrected chi connectivity index (χ2v) is 8.09. The third kappa shape index (κ3) is 5.59. The third-order valence-electron chi connectivity index (χ3n) is 3.22. The van der Waals surface area contributed by atoms with E-state index in [-0.39, 0.29) is 0 Å². The molecule has 1 heterocycles. The number of hydrogen-bond donors (Lipinski definition) is 1. The van der Waals surface area contributed by atoms with Gasteiger partial charge in [-0.05, 0) is 31.6 Å². The fourth-order valence-electron chi connectivity index (χ4n) is 2.07. The Kier molecular flexibility index (Phi) is 6.26. The topological polar surface area (TPSA) is 49.4 Å². The quantitative estimate of drug-likeness (QED) is 0.788. The average Bonchev–Trinajstić information content (AvgIpc) is 2.28. The van der Waals surface area contributed by atoms with Crippen LogP contribution < -0.4 is 5.32 Å². The van der Waals surface area contributed by atoms with Crippen LogP contribution in [0.15, 0.2) is 0 Å². The number of thioether (sulfide) groups is 1. The van der Waals surface area contributed by atoms with Gasteiger partial charge in [0, 0.05) is 24.9 Å². The second kappa shape index (κ2) is 6.97. The van der Waals surface area contributed by atoms with Gasteiger partial charge in [0.1, 0.15) is 0 Å². The summed E-state index contributed by atoms with van der Waals surface area (Å²) in [5.41, 5.74) is 0. The molecule has 0 aromatic rings. The molecular weight excluding hydrogens is 256 g/mol. The zero-order valence-electron chi connectivity index (χ0n) is 11.0. The van der Waals surface area contributed by atoms with Gasteiger partial charge in [0.05, 0.1) is 6.26 Å². The number of nitrogens with one attached hydrogen (secondary N) is 1. The van der Waals surface area contributed by atoms with E-state index >= 15 is 0 Å². The van der Waals surface area contributed by atoms with E-state index in [1.54, 1.807) is 4.31 Å². The molecule has 1 saturated heterocycles. The van der Waals surface area contributed by atoms with Gasteiger partial charge in [0.2, 0.25) is 10.0 Å². The molecule has 0 saturated carbocycles. The van der Waals surface area contributed by atoms with Crippen LogP contribution in [0.5, 0.6) is 0 Å². The molecule has 1 aliphatic heterocycles. The first-order valence-electron chi connectivity index (χ1n) is 6.12. The maximum atomic E-state index is 11.5. The largest absolute Gasteiger partial charge is 0.315 e. The van der Waals surface area contributed by atoms with Crippen LogP contribution in [0.2, 0.25) is 0 Å². The smallest absolute Gasteiger partial charge is 0.211 e. The van der Waals surface area contributed by atoms with Gasteiger partial charge < -0.3 is 5.32 Å². The van der Waals surface area contributed by atoms with Crippen molar-refractivity contribution >= 4 is 21.8 Å². The van der Waals surface area contributed by atoms with Gasteiger partial charge in [-0.2, -0.15) is 11.8 Å². The summed E-state index contributed by atoms with van der Waals surface area (Å²) in [4.78, 5) is 0. The van der Waals surface area contributed by atoms with Gasteiger partial charge in [-0.1, -0.05) is 6.92 Å². The Labute approximate surface area is 110 Å². The Bertz CT molecular complexity index is 319. The predicted octanol–water partition coefficient (Wildman–Crippen LogP) is 0.999. The molecule has 102 valence electrons. The highest BCUT2D eigenvalue weighted by atomic mass is 32.2. The zero-order valence-corrected chi connectivity index (χ0v) is 12.6. The van der Waals surface area contributed by atoms with E-state index in [4.69, 9.17) is 0 Å². The van der Waals surface area contributed by atoms with E-state index in [2.05, 4.69) is 18.5 Å². The molecule has 0 radical (unpaired) electrons. The van der Waals surface area contributed by atoms with E-state index < -0.39 is 10.0 Å². The van der Waals surface area contributed by atoms with Crippen molar-refractivity contribution in [2.24, 2.45) is 5.92 Å². The van der Waals surface area contributed by atoms with E-state index in [0.29, 0.717) is 24.3 Å². The van der Waals surface area contributed by atoms with Crippen molar-refractivity contribution in [3.05, 3.63) is 0 Å². The summed E-state index contributed by atoms with van der Waals surface area (Å²) in [7, 11) is -3.00. The molecule has 0 bridgehead atoms. The average molecular weight is 280 g/mol. The van der Waals surface area contributed by atoms with Gasteiger partial charge in [-0.15, -0.1) is 0 Å². The van der Waals surface area contributed by atoms with Crippen molar-refractivity contribution < 1.29 is 8.42 Å². The highest BCUT2D eigenvalue weighted by molar-refractivity contribution is 7.99.